The predicted molar refractivity (Wildman–Crippen MR) is 68.0 cm³/mol. The lowest BCUT2D eigenvalue weighted by atomic mass is 10.00. The van der Waals surface area contributed by atoms with Gasteiger partial charge in [-0.2, -0.15) is 26.3 Å². The molecule has 0 atom stereocenters. The molecular formula is C14H9F6NO3. The van der Waals surface area contributed by atoms with E-state index in [9.17, 15) is 31.1 Å². The lowest BCUT2D eigenvalue weighted by molar-refractivity contribution is -0.143. The Morgan fingerprint density at radius 1 is 1.04 bits per heavy atom. The number of benzene rings is 1. The smallest absolute Gasteiger partial charge is 0.416 e. The van der Waals surface area contributed by atoms with Gasteiger partial charge in [0.1, 0.15) is 17.0 Å². The van der Waals surface area contributed by atoms with Crippen LogP contribution in [-0.2, 0) is 17.1 Å². The summed E-state index contributed by atoms with van der Waals surface area (Å²) in [6, 6.07) is 0.895. The van der Waals surface area contributed by atoms with Gasteiger partial charge in [0.25, 0.3) is 0 Å². The second-order valence-corrected chi connectivity index (χ2v) is 4.75. The van der Waals surface area contributed by atoms with Crippen LogP contribution in [-0.4, -0.2) is 18.2 Å². The Labute approximate surface area is 131 Å². The number of nitrogens with zero attached hydrogens (tertiary/aromatic N) is 1. The first-order valence-corrected chi connectivity index (χ1v) is 6.29. The molecule has 2 rings (SSSR count). The Bertz CT molecular complexity index is 744. The number of alkyl halides is 6. The number of hydrogen-bond donors (Lipinski definition) is 0. The molecule has 0 aliphatic carbocycles. The minimum atomic E-state index is -5.01. The molecule has 0 radical (unpaired) electrons. The van der Waals surface area contributed by atoms with Crippen molar-refractivity contribution in [1.29, 1.82) is 0 Å². The molecule has 2 aromatic rings. The number of esters is 1. The predicted octanol–water partition coefficient (Wildman–Crippen LogP) is 4.47. The van der Waals surface area contributed by atoms with Gasteiger partial charge in [-0.1, -0.05) is 5.16 Å². The number of rotatable bonds is 2. The largest absolute Gasteiger partial charge is 0.465 e. The molecule has 1 heterocycles. The molecule has 0 saturated carbocycles. The van der Waals surface area contributed by atoms with Gasteiger partial charge in [0.2, 0.25) is 0 Å². The monoisotopic (exact) mass is 353 g/mol. The summed E-state index contributed by atoms with van der Waals surface area (Å²) in [6.07, 6.45) is -10.0. The normalized spacial score (nSPS) is 12.3. The van der Waals surface area contributed by atoms with Crippen molar-refractivity contribution in [3.63, 3.8) is 0 Å². The molecule has 0 bridgehead atoms. The number of hydrogen-bond acceptors (Lipinski definition) is 4. The third kappa shape index (κ3) is 3.36. The quantitative estimate of drug-likeness (QED) is 0.590. The highest BCUT2D eigenvalue weighted by molar-refractivity contribution is 5.97. The maximum atomic E-state index is 12.9. The van der Waals surface area contributed by atoms with Gasteiger partial charge in [0, 0.05) is 5.56 Å². The summed E-state index contributed by atoms with van der Waals surface area (Å²) in [7, 11) is 1.01. The molecule has 1 aromatic carbocycles. The van der Waals surface area contributed by atoms with Gasteiger partial charge >= 0.3 is 18.3 Å². The van der Waals surface area contributed by atoms with Crippen molar-refractivity contribution in [2.24, 2.45) is 0 Å². The molecular weight excluding hydrogens is 344 g/mol. The van der Waals surface area contributed by atoms with Crippen LogP contribution in [0.1, 0.15) is 27.2 Å². The third-order valence-corrected chi connectivity index (χ3v) is 3.11. The SMILES string of the molecule is COC(=O)c1c(-c2cc(C(F)(F)F)cc(C(F)(F)F)c2)noc1C. The lowest BCUT2D eigenvalue weighted by Crippen LogP contribution is -2.11. The number of carbonyl (C=O) groups excluding carboxylic acids is 1. The zero-order valence-electron chi connectivity index (χ0n) is 12.2. The Morgan fingerprint density at radius 2 is 1.54 bits per heavy atom. The highest BCUT2D eigenvalue weighted by Gasteiger charge is 2.38. The Kier molecular flexibility index (Phi) is 4.34. The molecule has 0 aliphatic rings. The maximum absolute atomic E-state index is 12.9. The van der Waals surface area contributed by atoms with E-state index in [1.807, 2.05) is 0 Å². The second kappa shape index (κ2) is 5.84. The number of halogens is 6. The summed E-state index contributed by atoms with van der Waals surface area (Å²) in [5.74, 6) is -1.09. The average molecular weight is 353 g/mol. The van der Waals surface area contributed by atoms with Gasteiger partial charge < -0.3 is 9.26 Å². The molecule has 0 amide bonds. The molecule has 10 heteroatoms. The topological polar surface area (TPSA) is 52.3 Å². The number of aromatic nitrogens is 1. The van der Waals surface area contributed by atoms with Crippen LogP contribution in [0.2, 0.25) is 0 Å². The van der Waals surface area contributed by atoms with Crippen LogP contribution in [0.5, 0.6) is 0 Å². The number of methoxy groups -OCH3 is 1. The first kappa shape index (κ1) is 17.8. The molecule has 1 aromatic heterocycles. The zero-order valence-corrected chi connectivity index (χ0v) is 12.2. The highest BCUT2D eigenvalue weighted by atomic mass is 19.4. The number of carbonyl (C=O) groups is 1. The van der Waals surface area contributed by atoms with Crippen LogP contribution in [0.25, 0.3) is 11.3 Å². The molecule has 0 saturated heterocycles. The van der Waals surface area contributed by atoms with Crippen LogP contribution in [0.3, 0.4) is 0 Å². The fourth-order valence-electron chi connectivity index (χ4n) is 2.00. The van der Waals surface area contributed by atoms with Crippen molar-refractivity contribution < 1.29 is 40.4 Å². The lowest BCUT2D eigenvalue weighted by Gasteiger charge is -2.13. The van der Waals surface area contributed by atoms with Gasteiger partial charge in [-0.05, 0) is 25.1 Å². The maximum Gasteiger partial charge on any atom is 0.416 e. The number of aryl methyl sites for hydroxylation is 1. The van der Waals surface area contributed by atoms with E-state index in [0.29, 0.717) is 12.1 Å². The average Bonchev–Trinajstić information content (AvgIpc) is 2.86. The summed E-state index contributed by atoms with van der Waals surface area (Å²) >= 11 is 0. The van der Waals surface area contributed by atoms with E-state index in [2.05, 4.69) is 9.89 Å². The van der Waals surface area contributed by atoms with Gasteiger partial charge in [0.15, 0.2) is 0 Å². The highest BCUT2D eigenvalue weighted by Crippen LogP contribution is 2.39. The first-order valence-electron chi connectivity index (χ1n) is 6.29. The van der Waals surface area contributed by atoms with Crippen molar-refractivity contribution in [3.05, 3.63) is 40.6 Å². The summed E-state index contributed by atoms with van der Waals surface area (Å²) in [4.78, 5) is 11.7. The summed E-state index contributed by atoms with van der Waals surface area (Å²) in [6.45, 7) is 1.28. The van der Waals surface area contributed by atoms with Gasteiger partial charge in [-0.25, -0.2) is 4.79 Å². The minimum Gasteiger partial charge on any atom is -0.465 e. The van der Waals surface area contributed by atoms with Crippen molar-refractivity contribution in [2.75, 3.05) is 7.11 Å². The standard InChI is InChI=1S/C14H9F6NO3/c1-6-10(12(22)23-2)11(21-24-6)7-3-8(13(15,16)17)5-9(4-7)14(18,19)20/h3-5H,1-2H3. The van der Waals surface area contributed by atoms with E-state index >= 15 is 0 Å². The minimum absolute atomic E-state index is 0.0196. The van der Waals surface area contributed by atoms with Crippen LogP contribution in [0.4, 0.5) is 26.3 Å². The van der Waals surface area contributed by atoms with Gasteiger partial charge in [-0.3, -0.25) is 0 Å². The fourth-order valence-corrected chi connectivity index (χ4v) is 2.00. The van der Waals surface area contributed by atoms with Crippen molar-refractivity contribution >= 4 is 5.97 Å². The molecule has 0 fully saturated rings. The summed E-state index contributed by atoms with van der Waals surface area (Å²) in [5, 5.41) is 3.39. The summed E-state index contributed by atoms with van der Waals surface area (Å²) in [5.41, 5.74) is -4.41. The van der Waals surface area contributed by atoms with E-state index in [4.69, 9.17) is 4.52 Å². The summed E-state index contributed by atoms with van der Waals surface area (Å²) < 4.78 is 86.4. The van der Waals surface area contributed by atoms with Crippen LogP contribution in [0, 0.1) is 6.92 Å². The molecule has 24 heavy (non-hydrogen) atoms. The van der Waals surface area contributed by atoms with E-state index in [0.717, 1.165) is 7.11 Å². The molecule has 0 spiro atoms. The molecule has 130 valence electrons. The Balaban J connectivity index is 2.74. The van der Waals surface area contributed by atoms with Crippen LogP contribution >= 0.6 is 0 Å². The third-order valence-electron chi connectivity index (χ3n) is 3.11. The van der Waals surface area contributed by atoms with Gasteiger partial charge in [0.05, 0.1) is 18.2 Å². The first-order chi connectivity index (χ1) is 10.9. The second-order valence-electron chi connectivity index (χ2n) is 4.75. The fraction of sp³-hybridized carbons (Fsp3) is 0.286. The Morgan fingerprint density at radius 3 is 1.96 bits per heavy atom. The molecule has 0 N–H and O–H groups in total. The molecule has 4 nitrogen and oxygen atoms in total. The van der Waals surface area contributed by atoms with E-state index in [-0.39, 0.29) is 17.4 Å². The van der Waals surface area contributed by atoms with E-state index in [1.165, 1.54) is 6.92 Å². The van der Waals surface area contributed by atoms with Crippen LogP contribution < -0.4 is 0 Å². The Hall–Kier alpha value is -2.52. The van der Waals surface area contributed by atoms with Crippen molar-refractivity contribution in [3.8, 4) is 11.3 Å². The zero-order chi connectivity index (χ0) is 18.3. The number of ether oxygens (including phenoxy) is 1. The van der Waals surface area contributed by atoms with Crippen molar-refractivity contribution in [1.82, 2.24) is 5.16 Å². The van der Waals surface area contributed by atoms with Crippen molar-refractivity contribution in [2.45, 2.75) is 19.3 Å². The molecule has 0 unspecified atom stereocenters. The molecule has 0 aliphatic heterocycles. The van der Waals surface area contributed by atoms with E-state index < -0.39 is 40.7 Å². The van der Waals surface area contributed by atoms with Crippen LogP contribution in [0.15, 0.2) is 22.7 Å². The van der Waals surface area contributed by atoms with E-state index in [1.54, 1.807) is 0 Å². The van der Waals surface area contributed by atoms with Gasteiger partial charge in [-0.15, -0.1) is 0 Å².